The van der Waals surface area contributed by atoms with Crippen LogP contribution >= 0.6 is 0 Å². The molecule has 1 aromatic carbocycles. The molecule has 0 N–H and O–H groups in total. The standard InChI is InChI=1S/C19H17N3/c1-3-9-17-15(7-1)19(16-8-2-4-10-18(16)22-17)21-13-14-6-5-11-20-12-14/h1,3,5-7,9,11-13H,2,4,8,10H2/b21-13+. The highest BCUT2D eigenvalue weighted by atomic mass is 14.8. The fraction of sp³-hybridized carbons (Fsp3) is 0.211. The summed E-state index contributed by atoms with van der Waals surface area (Å²) in [5.41, 5.74) is 5.70. The van der Waals surface area contributed by atoms with Crippen molar-refractivity contribution in [1.29, 1.82) is 0 Å². The van der Waals surface area contributed by atoms with Crippen LogP contribution in [-0.4, -0.2) is 16.2 Å². The van der Waals surface area contributed by atoms with Gasteiger partial charge in [0, 0.05) is 35.3 Å². The van der Waals surface area contributed by atoms with Crippen molar-refractivity contribution in [2.75, 3.05) is 0 Å². The van der Waals surface area contributed by atoms with Crippen molar-refractivity contribution in [1.82, 2.24) is 9.97 Å². The zero-order valence-corrected chi connectivity index (χ0v) is 12.4. The van der Waals surface area contributed by atoms with E-state index in [-0.39, 0.29) is 0 Å². The van der Waals surface area contributed by atoms with Gasteiger partial charge in [-0.15, -0.1) is 0 Å². The fourth-order valence-electron chi connectivity index (χ4n) is 3.09. The van der Waals surface area contributed by atoms with Crippen molar-refractivity contribution < 1.29 is 0 Å². The Hall–Kier alpha value is -2.55. The minimum atomic E-state index is 1.02. The molecule has 2 heterocycles. The van der Waals surface area contributed by atoms with Gasteiger partial charge in [0.2, 0.25) is 0 Å². The van der Waals surface area contributed by atoms with Gasteiger partial charge in [0.15, 0.2) is 0 Å². The van der Waals surface area contributed by atoms with Crippen LogP contribution in [0.25, 0.3) is 10.9 Å². The lowest BCUT2D eigenvalue weighted by molar-refractivity contribution is 0.672. The maximum atomic E-state index is 4.85. The minimum Gasteiger partial charge on any atom is -0.264 e. The monoisotopic (exact) mass is 287 g/mol. The Labute approximate surface area is 129 Å². The number of pyridine rings is 2. The van der Waals surface area contributed by atoms with E-state index in [1.807, 2.05) is 30.6 Å². The van der Waals surface area contributed by atoms with Gasteiger partial charge in [0.05, 0.1) is 11.2 Å². The van der Waals surface area contributed by atoms with Gasteiger partial charge in [-0.3, -0.25) is 15.0 Å². The van der Waals surface area contributed by atoms with E-state index in [1.54, 1.807) is 6.20 Å². The first-order chi connectivity index (χ1) is 10.9. The SMILES string of the molecule is C(=N\c1c2c(nc3ccccc13)CCCC2)/c1cccnc1. The number of hydrogen-bond acceptors (Lipinski definition) is 3. The maximum absolute atomic E-state index is 4.85. The van der Waals surface area contributed by atoms with Crippen molar-refractivity contribution in [2.45, 2.75) is 25.7 Å². The first-order valence-electron chi connectivity index (χ1n) is 7.76. The van der Waals surface area contributed by atoms with E-state index in [0.29, 0.717) is 0 Å². The molecule has 4 rings (SSSR count). The van der Waals surface area contributed by atoms with Crippen LogP contribution in [0.2, 0.25) is 0 Å². The summed E-state index contributed by atoms with van der Waals surface area (Å²) in [4.78, 5) is 13.8. The third kappa shape index (κ3) is 2.39. The Morgan fingerprint density at radius 2 is 1.91 bits per heavy atom. The van der Waals surface area contributed by atoms with Crippen molar-refractivity contribution in [2.24, 2.45) is 4.99 Å². The first kappa shape index (κ1) is 13.1. The number of benzene rings is 1. The lowest BCUT2D eigenvalue weighted by Gasteiger charge is -2.18. The van der Waals surface area contributed by atoms with Gasteiger partial charge in [-0.2, -0.15) is 0 Å². The van der Waals surface area contributed by atoms with Gasteiger partial charge in [-0.05, 0) is 43.4 Å². The number of nitrogens with zero attached hydrogens (tertiary/aromatic N) is 3. The van der Waals surface area contributed by atoms with Crippen molar-refractivity contribution in [3.63, 3.8) is 0 Å². The second-order valence-corrected chi connectivity index (χ2v) is 5.65. The Balaban J connectivity index is 1.89. The molecular weight excluding hydrogens is 270 g/mol. The molecule has 0 saturated carbocycles. The zero-order chi connectivity index (χ0) is 14.8. The van der Waals surface area contributed by atoms with Gasteiger partial charge in [0.1, 0.15) is 0 Å². The Morgan fingerprint density at radius 3 is 2.82 bits per heavy atom. The summed E-state index contributed by atoms with van der Waals surface area (Å²) >= 11 is 0. The molecule has 0 unspecified atom stereocenters. The summed E-state index contributed by atoms with van der Waals surface area (Å²) in [7, 11) is 0. The number of hydrogen-bond donors (Lipinski definition) is 0. The number of fused-ring (bicyclic) bond motifs is 2. The largest absolute Gasteiger partial charge is 0.264 e. The highest BCUT2D eigenvalue weighted by Gasteiger charge is 2.17. The van der Waals surface area contributed by atoms with E-state index < -0.39 is 0 Å². The quantitative estimate of drug-likeness (QED) is 0.660. The van der Waals surface area contributed by atoms with Gasteiger partial charge in [0.25, 0.3) is 0 Å². The minimum absolute atomic E-state index is 1.02. The molecule has 0 spiro atoms. The summed E-state index contributed by atoms with van der Waals surface area (Å²) < 4.78 is 0. The van der Waals surface area contributed by atoms with E-state index >= 15 is 0 Å². The van der Waals surface area contributed by atoms with Crippen LogP contribution in [0.3, 0.4) is 0 Å². The fourth-order valence-corrected chi connectivity index (χ4v) is 3.09. The molecule has 0 atom stereocenters. The van der Waals surface area contributed by atoms with Gasteiger partial charge >= 0.3 is 0 Å². The molecule has 0 amide bonds. The molecule has 0 fully saturated rings. The van der Waals surface area contributed by atoms with Gasteiger partial charge in [-0.25, -0.2) is 0 Å². The van der Waals surface area contributed by atoms with E-state index in [0.717, 1.165) is 35.0 Å². The van der Waals surface area contributed by atoms with Crippen LogP contribution in [0.15, 0.2) is 53.8 Å². The molecule has 1 aliphatic rings. The average Bonchev–Trinajstić information content (AvgIpc) is 2.59. The molecule has 0 radical (unpaired) electrons. The molecule has 3 aromatic rings. The van der Waals surface area contributed by atoms with E-state index in [1.165, 1.54) is 24.1 Å². The Kier molecular flexibility index (Phi) is 3.39. The predicted molar refractivity (Wildman–Crippen MR) is 89.9 cm³/mol. The van der Waals surface area contributed by atoms with Crippen LogP contribution in [0.1, 0.15) is 29.7 Å². The molecule has 0 bridgehead atoms. The summed E-state index contributed by atoms with van der Waals surface area (Å²) in [5, 5.41) is 1.14. The lowest BCUT2D eigenvalue weighted by Crippen LogP contribution is -2.06. The van der Waals surface area contributed by atoms with Crippen LogP contribution < -0.4 is 0 Å². The van der Waals surface area contributed by atoms with Crippen LogP contribution in [0.4, 0.5) is 5.69 Å². The second-order valence-electron chi connectivity index (χ2n) is 5.65. The molecular formula is C19H17N3. The predicted octanol–water partition coefficient (Wildman–Crippen LogP) is 4.26. The second kappa shape index (κ2) is 5.68. The molecule has 3 heteroatoms. The summed E-state index contributed by atoms with van der Waals surface area (Å²) in [6.45, 7) is 0. The average molecular weight is 287 g/mol. The van der Waals surface area contributed by atoms with Crippen molar-refractivity contribution >= 4 is 22.8 Å². The van der Waals surface area contributed by atoms with Gasteiger partial charge < -0.3 is 0 Å². The number of aliphatic imine (C=N–C) groups is 1. The van der Waals surface area contributed by atoms with Crippen LogP contribution in [0.5, 0.6) is 0 Å². The molecule has 108 valence electrons. The Morgan fingerprint density at radius 1 is 1.00 bits per heavy atom. The van der Waals surface area contributed by atoms with E-state index in [4.69, 9.17) is 9.98 Å². The van der Waals surface area contributed by atoms with Crippen LogP contribution in [-0.2, 0) is 12.8 Å². The smallest absolute Gasteiger partial charge is 0.0774 e. The molecule has 22 heavy (non-hydrogen) atoms. The van der Waals surface area contributed by atoms with E-state index in [9.17, 15) is 0 Å². The highest BCUT2D eigenvalue weighted by molar-refractivity contribution is 5.95. The third-order valence-electron chi connectivity index (χ3n) is 4.17. The molecule has 1 aliphatic carbocycles. The van der Waals surface area contributed by atoms with E-state index in [2.05, 4.69) is 23.2 Å². The summed E-state index contributed by atoms with van der Waals surface area (Å²) in [6, 6.07) is 12.2. The molecule has 0 aliphatic heterocycles. The van der Waals surface area contributed by atoms with Crippen molar-refractivity contribution in [3.8, 4) is 0 Å². The topological polar surface area (TPSA) is 38.1 Å². The number of para-hydroxylation sites is 1. The third-order valence-corrected chi connectivity index (χ3v) is 4.17. The normalized spacial score (nSPS) is 14.4. The Bertz CT molecular complexity index is 838. The highest BCUT2D eigenvalue weighted by Crippen LogP contribution is 2.35. The molecule has 3 nitrogen and oxygen atoms in total. The molecule has 2 aromatic heterocycles. The summed E-state index contributed by atoms with van der Waals surface area (Å²) in [5.74, 6) is 0. The number of rotatable bonds is 2. The van der Waals surface area contributed by atoms with Gasteiger partial charge in [-0.1, -0.05) is 24.3 Å². The molecule has 0 saturated heterocycles. The first-order valence-corrected chi connectivity index (χ1v) is 7.76. The lowest BCUT2D eigenvalue weighted by atomic mass is 9.93. The number of aryl methyl sites for hydroxylation is 1. The zero-order valence-electron chi connectivity index (χ0n) is 12.4. The number of aromatic nitrogens is 2. The summed E-state index contributed by atoms with van der Waals surface area (Å²) in [6.07, 6.45) is 10.1. The maximum Gasteiger partial charge on any atom is 0.0774 e. The van der Waals surface area contributed by atoms with Crippen LogP contribution in [0, 0.1) is 0 Å². The van der Waals surface area contributed by atoms with Crippen molar-refractivity contribution in [3.05, 3.63) is 65.6 Å².